The van der Waals surface area contributed by atoms with Crippen LogP contribution in [-0.2, 0) is 19.2 Å². The first-order chi connectivity index (χ1) is 23.0. The molecule has 8 heteroatoms. The van der Waals surface area contributed by atoms with E-state index in [9.17, 15) is 19.2 Å². The summed E-state index contributed by atoms with van der Waals surface area (Å²) in [5.41, 5.74) is 1.68. The molecule has 1 aliphatic carbocycles. The number of hydrogen-bond acceptors (Lipinski definition) is 4. The van der Waals surface area contributed by atoms with Gasteiger partial charge in [-0.15, -0.1) is 0 Å². The summed E-state index contributed by atoms with van der Waals surface area (Å²) < 4.78 is -0.929. The maximum atomic E-state index is 14.7. The third-order valence-electron chi connectivity index (χ3n) is 10.1. The van der Waals surface area contributed by atoms with Crippen LogP contribution >= 0.6 is 23.6 Å². The van der Waals surface area contributed by atoms with Gasteiger partial charge in [0.15, 0.2) is 35.1 Å². The van der Waals surface area contributed by atoms with Gasteiger partial charge in [0, 0.05) is 11.1 Å². The molecule has 4 unspecified atom stereocenters. The molecule has 1 rings (SSSR count). The first kappa shape index (κ1) is 44.7. The predicted octanol–water partition coefficient (Wildman–Crippen LogP) is 11.1. The van der Waals surface area contributed by atoms with Gasteiger partial charge in [-0.25, -0.2) is 9.59 Å². The van der Waals surface area contributed by atoms with Gasteiger partial charge in [-0.3, -0.25) is 9.59 Å². The van der Waals surface area contributed by atoms with Gasteiger partial charge in [0.05, 0.1) is 11.1 Å². The Kier molecular flexibility index (Phi) is 23.0. The highest BCUT2D eigenvalue weighted by atomic mass is 35.5. The van der Waals surface area contributed by atoms with E-state index in [0.717, 1.165) is 51.4 Å². The lowest BCUT2D eigenvalue weighted by Gasteiger charge is -2.33. The first-order valence-electron chi connectivity index (χ1n) is 19.6. The zero-order valence-electron chi connectivity index (χ0n) is 31.6. The maximum absolute atomic E-state index is 14.7. The van der Waals surface area contributed by atoms with Gasteiger partial charge in [0.1, 0.15) is 26.2 Å². The highest BCUT2D eigenvalue weighted by Gasteiger charge is 2.44. The second-order valence-corrected chi connectivity index (χ2v) is 15.9. The number of unbranched alkanes of at least 4 members (excludes halogenated alkanes) is 14. The Bertz CT molecular complexity index is 976. The SMILES string of the molecule is CCCCCCCCCCC(C)C1=C(C[N+](Cl)(C=O)CCC)C(=O)C(C(C)CCCCCCCCCC)=C(C[N+](Cl)(C=O)CCC)C1=O. The van der Waals surface area contributed by atoms with Crippen molar-refractivity contribution >= 4 is 47.9 Å². The van der Waals surface area contributed by atoms with E-state index in [2.05, 4.69) is 13.8 Å². The molecule has 0 aromatic rings. The lowest BCUT2D eigenvalue weighted by molar-refractivity contribution is -0.720. The molecular formula is C40H70Cl2N2O4+2. The van der Waals surface area contributed by atoms with E-state index in [-0.39, 0.29) is 36.5 Å². The second kappa shape index (κ2) is 24.7. The summed E-state index contributed by atoms with van der Waals surface area (Å²) in [5.74, 6) is -0.759. The fourth-order valence-electron chi connectivity index (χ4n) is 7.26. The van der Waals surface area contributed by atoms with Crippen molar-refractivity contribution in [2.24, 2.45) is 11.8 Å². The van der Waals surface area contributed by atoms with Gasteiger partial charge < -0.3 is 0 Å². The van der Waals surface area contributed by atoms with E-state index in [0.29, 0.717) is 61.0 Å². The van der Waals surface area contributed by atoms with Crippen molar-refractivity contribution < 1.29 is 27.2 Å². The molecule has 0 spiro atoms. The first-order valence-corrected chi connectivity index (χ1v) is 20.3. The number of carbonyl (C=O) groups excluding carboxylic acids is 4. The van der Waals surface area contributed by atoms with Gasteiger partial charge >= 0.3 is 12.8 Å². The van der Waals surface area contributed by atoms with Crippen LogP contribution in [0, 0.1) is 11.8 Å². The number of halogens is 2. The number of nitrogens with zero attached hydrogens (tertiary/aromatic N) is 2. The van der Waals surface area contributed by atoms with Crippen LogP contribution in [0.25, 0.3) is 0 Å². The van der Waals surface area contributed by atoms with Gasteiger partial charge in [0.2, 0.25) is 0 Å². The minimum absolute atomic E-state index is 0.0225. The summed E-state index contributed by atoms with van der Waals surface area (Å²) in [6.45, 7) is 13.1. The quantitative estimate of drug-likeness (QED) is 0.0322. The molecule has 0 aliphatic heterocycles. The van der Waals surface area contributed by atoms with Crippen molar-refractivity contribution in [2.45, 2.75) is 170 Å². The van der Waals surface area contributed by atoms with Gasteiger partial charge in [-0.1, -0.05) is 144 Å². The molecule has 0 saturated heterocycles. The number of quaternary nitrogens is 2. The minimum atomic E-state index is -0.465. The van der Waals surface area contributed by atoms with Crippen molar-refractivity contribution in [1.29, 1.82) is 0 Å². The lowest BCUT2D eigenvalue weighted by Crippen LogP contribution is -2.46. The van der Waals surface area contributed by atoms with Gasteiger partial charge in [-0.05, 0) is 37.5 Å². The zero-order valence-corrected chi connectivity index (χ0v) is 33.1. The summed E-state index contributed by atoms with van der Waals surface area (Å²) in [4.78, 5) is 54.0. The number of carbonyl (C=O) groups is 4. The molecule has 0 fully saturated rings. The molecule has 0 saturated carbocycles. The highest BCUT2D eigenvalue weighted by molar-refractivity contribution is 6.26. The number of allylic oxidation sites excluding steroid dienone is 2. The molecular weight excluding hydrogens is 643 g/mol. The maximum Gasteiger partial charge on any atom is 0.319 e. The average molecular weight is 714 g/mol. The van der Waals surface area contributed by atoms with Crippen molar-refractivity contribution in [2.75, 3.05) is 26.2 Å². The van der Waals surface area contributed by atoms with Crippen LogP contribution in [0.15, 0.2) is 22.3 Å². The largest absolute Gasteiger partial charge is 0.319 e. The summed E-state index contributed by atoms with van der Waals surface area (Å²) >= 11 is 13.6. The lowest BCUT2D eigenvalue weighted by atomic mass is 9.73. The average Bonchev–Trinajstić information content (AvgIpc) is 3.06. The van der Waals surface area contributed by atoms with Crippen LogP contribution in [0.3, 0.4) is 0 Å². The van der Waals surface area contributed by atoms with Crippen molar-refractivity contribution in [1.82, 2.24) is 0 Å². The number of hydrogen-bond donors (Lipinski definition) is 0. The van der Waals surface area contributed by atoms with Gasteiger partial charge in [0.25, 0.3) is 0 Å². The van der Waals surface area contributed by atoms with Crippen molar-refractivity contribution in [3.05, 3.63) is 22.3 Å². The Morgan fingerprint density at radius 2 is 0.792 bits per heavy atom. The van der Waals surface area contributed by atoms with Crippen LogP contribution < -0.4 is 0 Å². The Morgan fingerprint density at radius 1 is 0.500 bits per heavy atom. The number of amides is 2. The van der Waals surface area contributed by atoms with Crippen LogP contribution in [0.5, 0.6) is 0 Å². The van der Waals surface area contributed by atoms with E-state index < -0.39 is 8.00 Å². The fourth-order valence-corrected chi connectivity index (χ4v) is 7.84. The van der Waals surface area contributed by atoms with Crippen molar-refractivity contribution in [3.8, 4) is 0 Å². The Morgan fingerprint density at radius 3 is 1.06 bits per heavy atom. The van der Waals surface area contributed by atoms with Crippen LogP contribution in [-0.4, -0.2) is 58.6 Å². The van der Waals surface area contributed by atoms with E-state index >= 15 is 0 Å². The zero-order chi connectivity index (χ0) is 36.0. The summed E-state index contributed by atoms with van der Waals surface area (Å²) in [6.07, 6.45) is 23.1. The van der Waals surface area contributed by atoms with Gasteiger partial charge in [-0.2, -0.15) is 8.00 Å². The fraction of sp³-hybridized carbons (Fsp3) is 0.800. The third-order valence-corrected chi connectivity index (χ3v) is 10.8. The topological polar surface area (TPSA) is 68.3 Å². The predicted molar refractivity (Wildman–Crippen MR) is 201 cm³/mol. The van der Waals surface area contributed by atoms with Crippen molar-refractivity contribution in [3.63, 3.8) is 0 Å². The molecule has 0 bridgehead atoms. The van der Waals surface area contributed by atoms with Crippen LogP contribution in [0.1, 0.15) is 170 Å². The minimum Gasteiger partial charge on any atom is -0.289 e. The number of rotatable bonds is 30. The normalized spacial score (nSPS) is 17.8. The molecule has 0 aromatic heterocycles. The smallest absolute Gasteiger partial charge is 0.289 e. The van der Waals surface area contributed by atoms with E-state index in [1.54, 1.807) is 0 Å². The standard InChI is InChI=1S/C40H70Cl2N2O4/c1-7-11-13-15-17-19-21-23-25-33(5)37-35(29-43(41,31-45)27-9-3)40(48)38(34(6)26-24-22-20-18-16-14-12-8-2)36(39(37)47)30-44(42,32-46)28-10-4/h31-34H,7-30H2,1-6H3/q+2. The molecule has 276 valence electrons. The molecule has 1 aliphatic rings. The monoisotopic (exact) mass is 712 g/mol. The third kappa shape index (κ3) is 15.3. The molecule has 0 radical (unpaired) electrons. The molecule has 0 aromatic carbocycles. The van der Waals surface area contributed by atoms with E-state index in [1.807, 2.05) is 27.7 Å². The Balaban J connectivity index is 3.44. The summed E-state index contributed by atoms with van der Waals surface area (Å²) in [5, 5.41) is 0. The van der Waals surface area contributed by atoms with Crippen LogP contribution in [0.4, 0.5) is 0 Å². The number of ketones is 2. The molecule has 0 N–H and O–H groups in total. The van der Waals surface area contributed by atoms with E-state index in [1.165, 1.54) is 64.2 Å². The highest BCUT2D eigenvalue weighted by Crippen LogP contribution is 2.39. The molecule has 0 heterocycles. The molecule has 2 amide bonds. The number of Topliss-reactive ketones (excluding diaryl/α,β-unsaturated/α-hetero) is 2. The van der Waals surface area contributed by atoms with Crippen LogP contribution in [0.2, 0.25) is 0 Å². The molecule has 4 atom stereocenters. The summed E-state index contributed by atoms with van der Waals surface area (Å²) in [6, 6.07) is 0. The summed E-state index contributed by atoms with van der Waals surface area (Å²) in [7, 11) is 0. The van der Waals surface area contributed by atoms with E-state index in [4.69, 9.17) is 23.6 Å². The Hall–Kier alpha value is -1.34. The molecule has 48 heavy (non-hydrogen) atoms. The Labute approximate surface area is 304 Å². The second-order valence-electron chi connectivity index (χ2n) is 14.6. The molecule has 6 nitrogen and oxygen atoms in total.